The molecule has 2 N–H and O–H groups in total. The first-order valence-corrected chi connectivity index (χ1v) is 8.34. The number of nitrogens with one attached hydrogen (secondary N) is 2. The Morgan fingerprint density at radius 2 is 2.04 bits per heavy atom. The Morgan fingerprint density at radius 1 is 1.30 bits per heavy atom. The third kappa shape index (κ3) is 3.44. The van der Waals surface area contributed by atoms with Gasteiger partial charge in [-0.05, 0) is 25.2 Å². The molecule has 1 heterocycles. The van der Waals surface area contributed by atoms with Crippen molar-refractivity contribution in [1.82, 2.24) is 20.5 Å². The molecule has 1 saturated carbocycles. The highest BCUT2D eigenvalue weighted by Crippen LogP contribution is 2.46. The Hall–Kier alpha value is -2.17. The van der Waals surface area contributed by atoms with Gasteiger partial charge in [0.15, 0.2) is 5.82 Å². The van der Waals surface area contributed by atoms with Crippen LogP contribution in [0.25, 0.3) is 11.4 Å². The fourth-order valence-corrected chi connectivity index (χ4v) is 3.35. The van der Waals surface area contributed by atoms with Gasteiger partial charge in [-0.15, -0.1) is 0 Å². The van der Waals surface area contributed by atoms with Gasteiger partial charge in [-0.2, -0.15) is 5.10 Å². The van der Waals surface area contributed by atoms with Crippen molar-refractivity contribution in [2.24, 2.45) is 11.3 Å². The molecule has 122 valence electrons. The summed E-state index contributed by atoms with van der Waals surface area (Å²) in [7, 11) is 0. The van der Waals surface area contributed by atoms with E-state index in [0.717, 1.165) is 31.2 Å². The molecule has 23 heavy (non-hydrogen) atoms. The number of carbonyl (C=O) groups excluding carboxylic acids is 1. The van der Waals surface area contributed by atoms with E-state index in [9.17, 15) is 4.79 Å². The molecule has 0 saturated heterocycles. The minimum absolute atomic E-state index is 0.156. The minimum atomic E-state index is -0.156. The summed E-state index contributed by atoms with van der Waals surface area (Å²) in [4.78, 5) is 17.0. The molecular formula is C18H24N4O. The standard InChI is InChI=1S/C18H24N4O/c1-13(2)11-18(9-6-10-18)17(23)19-12-15-20-16(22-21-15)14-7-4-3-5-8-14/h3-5,7-8,13H,6,9-12H2,1-2H3,(H,19,23)(H,20,21,22). The Balaban J connectivity index is 1.60. The Morgan fingerprint density at radius 3 is 2.65 bits per heavy atom. The fourth-order valence-electron chi connectivity index (χ4n) is 3.35. The molecule has 1 amide bonds. The number of nitrogens with zero attached hydrogens (tertiary/aromatic N) is 2. The average molecular weight is 312 g/mol. The third-order valence-electron chi connectivity index (χ3n) is 4.57. The van der Waals surface area contributed by atoms with E-state index in [1.807, 2.05) is 30.3 Å². The van der Waals surface area contributed by atoms with Crippen molar-refractivity contribution >= 4 is 5.91 Å². The molecule has 0 radical (unpaired) electrons. The number of amides is 1. The first-order chi connectivity index (χ1) is 11.1. The van der Waals surface area contributed by atoms with Gasteiger partial charge < -0.3 is 5.32 Å². The summed E-state index contributed by atoms with van der Waals surface area (Å²) in [5.74, 6) is 2.05. The summed E-state index contributed by atoms with van der Waals surface area (Å²) in [6.07, 6.45) is 4.12. The second kappa shape index (κ2) is 6.52. The molecule has 1 aromatic carbocycles. The molecule has 0 atom stereocenters. The first kappa shape index (κ1) is 15.7. The van der Waals surface area contributed by atoms with Crippen LogP contribution in [0.5, 0.6) is 0 Å². The summed E-state index contributed by atoms with van der Waals surface area (Å²) in [6.45, 7) is 4.75. The van der Waals surface area contributed by atoms with Crippen LogP contribution in [0.4, 0.5) is 0 Å². The van der Waals surface area contributed by atoms with Crippen LogP contribution in [0.15, 0.2) is 30.3 Å². The van der Waals surface area contributed by atoms with Gasteiger partial charge in [0, 0.05) is 11.0 Å². The number of H-pyrrole nitrogens is 1. The first-order valence-electron chi connectivity index (χ1n) is 8.34. The monoisotopic (exact) mass is 312 g/mol. The van der Waals surface area contributed by atoms with Crippen molar-refractivity contribution in [3.63, 3.8) is 0 Å². The van der Waals surface area contributed by atoms with Gasteiger partial charge in [0.2, 0.25) is 5.91 Å². The maximum absolute atomic E-state index is 12.6. The summed E-state index contributed by atoms with van der Waals surface area (Å²) in [5, 5.41) is 10.2. The van der Waals surface area contributed by atoms with Crippen LogP contribution in [0.1, 0.15) is 45.4 Å². The van der Waals surface area contributed by atoms with Crippen LogP contribution < -0.4 is 5.32 Å². The predicted molar refractivity (Wildman–Crippen MR) is 89.4 cm³/mol. The van der Waals surface area contributed by atoms with Gasteiger partial charge in [0.1, 0.15) is 5.82 Å². The predicted octanol–water partition coefficient (Wildman–Crippen LogP) is 3.30. The molecule has 0 aliphatic heterocycles. The van der Waals surface area contributed by atoms with Crippen LogP contribution in [-0.4, -0.2) is 21.1 Å². The molecule has 0 bridgehead atoms. The fraction of sp³-hybridized carbons (Fsp3) is 0.500. The number of aromatic amines is 1. The van der Waals surface area contributed by atoms with E-state index in [2.05, 4.69) is 34.3 Å². The summed E-state index contributed by atoms with van der Waals surface area (Å²) in [6, 6.07) is 9.82. The van der Waals surface area contributed by atoms with Crippen molar-refractivity contribution in [1.29, 1.82) is 0 Å². The molecule has 0 spiro atoms. The summed E-state index contributed by atoms with van der Waals surface area (Å²) in [5.41, 5.74) is 0.813. The number of hydrogen-bond acceptors (Lipinski definition) is 3. The molecule has 3 rings (SSSR count). The molecule has 1 aliphatic rings. The van der Waals surface area contributed by atoms with E-state index in [0.29, 0.717) is 24.1 Å². The highest BCUT2D eigenvalue weighted by molar-refractivity contribution is 5.83. The van der Waals surface area contributed by atoms with E-state index in [-0.39, 0.29) is 11.3 Å². The maximum Gasteiger partial charge on any atom is 0.226 e. The van der Waals surface area contributed by atoms with E-state index in [4.69, 9.17) is 0 Å². The molecule has 1 aromatic heterocycles. The van der Waals surface area contributed by atoms with Crippen LogP contribution in [0.2, 0.25) is 0 Å². The lowest BCUT2D eigenvalue weighted by Crippen LogP contribution is -2.46. The minimum Gasteiger partial charge on any atom is -0.348 e. The second-order valence-electron chi connectivity index (χ2n) is 6.89. The number of carbonyl (C=O) groups is 1. The van der Waals surface area contributed by atoms with E-state index < -0.39 is 0 Å². The van der Waals surface area contributed by atoms with Crippen molar-refractivity contribution in [2.45, 2.75) is 46.1 Å². The number of hydrogen-bond donors (Lipinski definition) is 2. The summed E-state index contributed by atoms with van der Waals surface area (Å²) < 4.78 is 0. The zero-order valence-electron chi connectivity index (χ0n) is 13.8. The highest BCUT2D eigenvalue weighted by atomic mass is 16.2. The van der Waals surface area contributed by atoms with Crippen LogP contribution in [0.3, 0.4) is 0 Å². The van der Waals surface area contributed by atoms with Gasteiger partial charge in [0.25, 0.3) is 0 Å². The normalized spacial score (nSPS) is 16.1. The van der Waals surface area contributed by atoms with E-state index in [1.54, 1.807) is 0 Å². The largest absolute Gasteiger partial charge is 0.348 e. The molecule has 1 aliphatic carbocycles. The smallest absolute Gasteiger partial charge is 0.226 e. The Labute approximate surface area is 136 Å². The van der Waals surface area contributed by atoms with Crippen molar-refractivity contribution < 1.29 is 4.79 Å². The zero-order chi connectivity index (χ0) is 16.3. The maximum atomic E-state index is 12.6. The molecular weight excluding hydrogens is 288 g/mol. The van der Waals surface area contributed by atoms with Crippen LogP contribution in [0, 0.1) is 11.3 Å². The van der Waals surface area contributed by atoms with Crippen molar-refractivity contribution in [3.05, 3.63) is 36.2 Å². The second-order valence-corrected chi connectivity index (χ2v) is 6.89. The van der Waals surface area contributed by atoms with E-state index in [1.165, 1.54) is 0 Å². The van der Waals surface area contributed by atoms with Gasteiger partial charge in [-0.3, -0.25) is 9.89 Å². The molecule has 5 nitrogen and oxygen atoms in total. The average Bonchev–Trinajstić information content (AvgIpc) is 2.98. The van der Waals surface area contributed by atoms with Crippen molar-refractivity contribution in [2.75, 3.05) is 0 Å². The van der Waals surface area contributed by atoms with E-state index >= 15 is 0 Å². The van der Waals surface area contributed by atoms with Gasteiger partial charge in [-0.25, -0.2) is 4.98 Å². The lowest BCUT2D eigenvalue weighted by molar-refractivity contribution is -0.137. The lowest BCUT2D eigenvalue weighted by Gasteiger charge is -2.41. The molecule has 1 fully saturated rings. The Kier molecular flexibility index (Phi) is 4.46. The van der Waals surface area contributed by atoms with Crippen molar-refractivity contribution in [3.8, 4) is 11.4 Å². The SMILES string of the molecule is CC(C)CC1(C(=O)NCc2nc(-c3ccccc3)n[nH]2)CCC1. The quantitative estimate of drug-likeness (QED) is 0.859. The van der Waals surface area contributed by atoms with Gasteiger partial charge in [0.05, 0.1) is 6.54 Å². The highest BCUT2D eigenvalue weighted by Gasteiger charge is 2.44. The molecule has 0 unspecified atom stereocenters. The Bertz CT molecular complexity index is 659. The summed E-state index contributed by atoms with van der Waals surface area (Å²) >= 11 is 0. The zero-order valence-corrected chi connectivity index (χ0v) is 13.8. The number of aromatic nitrogens is 3. The molecule has 2 aromatic rings. The van der Waals surface area contributed by atoms with Gasteiger partial charge >= 0.3 is 0 Å². The van der Waals surface area contributed by atoms with Gasteiger partial charge in [-0.1, -0.05) is 50.6 Å². The number of benzene rings is 1. The number of rotatable bonds is 6. The lowest BCUT2D eigenvalue weighted by atomic mass is 9.64. The van der Waals surface area contributed by atoms with Crippen LogP contribution >= 0.6 is 0 Å². The molecule has 5 heteroatoms. The van der Waals surface area contributed by atoms with Crippen LogP contribution in [-0.2, 0) is 11.3 Å². The topological polar surface area (TPSA) is 70.7 Å². The third-order valence-corrected chi connectivity index (χ3v) is 4.57.